The lowest BCUT2D eigenvalue weighted by molar-refractivity contribution is -0.0344. The van der Waals surface area contributed by atoms with Crippen LogP contribution in [0.1, 0.15) is 46.0 Å². The van der Waals surface area contributed by atoms with Gasteiger partial charge in [0, 0.05) is 31.2 Å². The molecule has 4 nitrogen and oxygen atoms in total. The lowest BCUT2D eigenvalue weighted by Crippen LogP contribution is -2.62. The van der Waals surface area contributed by atoms with E-state index in [4.69, 9.17) is 4.74 Å². The summed E-state index contributed by atoms with van der Waals surface area (Å²) >= 11 is 0. The van der Waals surface area contributed by atoms with Gasteiger partial charge in [0.2, 0.25) is 0 Å². The molecule has 0 unspecified atom stereocenters. The average Bonchev–Trinajstić information content (AvgIpc) is 2.96. The van der Waals surface area contributed by atoms with Crippen LogP contribution >= 0.6 is 0 Å². The topological polar surface area (TPSA) is 44.7 Å². The van der Waals surface area contributed by atoms with Crippen LogP contribution in [0.25, 0.3) is 0 Å². The first-order chi connectivity index (χ1) is 9.19. The Labute approximate surface area is 117 Å². The lowest BCUT2D eigenvalue weighted by Gasteiger charge is -2.47. The van der Waals surface area contributed by atoms with Crippen LogP contribution in [-0.4, -0.2) is 60.5 Å². The van der Waals surface area contributed by atoms with E-state index in [1.807, 2.05) is 6.92 Å². The van der Waals surface area contributed by atoms with Crippen LogP contribution in [0.4, 0.5) is 0 Å². The molecule has 2 atom stereocenters. The molecule has 1 saturated carbocycles. The molecular weight excluding hydrogens is 240 g/mol. The van der Waals surface area contributed by atoms with Crippen molar-refractivity contribution in [3.63, 3.8) is 0 Å². The fourth-order valence-corrected chi connectivity index (χ4v) is 3.67. The van der Waals surface area contributed by atoms with Crippen molar-refractivity contribution in [1.29, 1.82) is 0 Å². The number of nitrogens with zero attached hydrogens (tertiary/aromatic N) is 1. The maximum Gasteiger partial charge on any atom is 0.0662 e. The van der Waals surface area contributed by atoms with Crippen LogP contribution < -0.4 is 5.32 Å². The van der Waals surface area contributed by atoms with Crippen molar-refractivity contribution in [3.8, 4) is 0 Å². The van der Waals surface area contributed by atoms with Crippen LogP contribution in [0.15, 0.2) is 0 Å². The number of aliphatic hydroxyl groups excluding tert-OH is 1. The van der Waals surface area contributed by atoms with Gasteiger partial charge in [0.05, 0.1) is 19.3 Å². The molecule has 4 heteroatoms. The summed E-state index contributed by atoms with van der Waals surface area (Å²) in [7, 11) is 0. The molecule has 0 aromatic heterocycles. The summed E-state index contributed by atoms with van der Waals surface area (Å²) in [5, 5.41) is 13.3. The summed E-state index contributed by atoms with van der Waals surface area (Å²) in [5.74, 6) is 0. The monoisotopic (exact) mass is 270 g/mol. The van der Waals surface area contributed by atoms with Crippen LogP contribution in [0, 0.1) is 0 Å². The number of hydrogen-bond donors (Lipinski definition) is 2. The van der Waals surface area contributed by atoms with Crippen LogP contribution in [0.3, 0.4) is 0 Å². The summed E-state index contributed by atoms with van der Waals surface area (Å²) in [4.78, 5) is 2.64. The van der Waals surface area contributed by atoms with Gasteiger partial charge in [-0.3, -0.25) is 4.90 Å². The Bertz CT molecular complexity index is 261. The van der Waals surface area contributed by atoms with Gasteiger partial charge in [0.25, 0.3) is 0 Å². The fraction of sp³-hybridized carbons (Fsp3) is 1.00. The standard InChI is InChI=1S/C15H30N2O2/c1-3-14(18)12-16-13(2)15(6-4-5-7-15)17-8-10-19-11-9-17/h13-14,16,18H,3-12H2,1-2H3/t13-,14+/m0/s1. The molecule has 0 aromatic rings. The number of morpholine rings is 1. The van der Waals surface area contributed by atoms with Gasteiger partial charge >= 0.3 is 0 Å². The Kier molecular flexibility index (Phi) is 5.63. The summed E-state index contributed by atoms with van der Waals surface area (Å²) in [6.45, 7) is 8.89. The first-order valence-electron chi connectivity index (χ1n) is 7.93. The summed E-state index contributed by atoms with van der Waals surface area (Å²) in [6, 6.07) is 0.439. The molecule has 1 saturated heterocycles. The van der Waals surface area contributed by atoms with E-state index >= 15 is 0 Å². The molecule has 2 N–H and O–H groups in total. The molecule has 0 spiro atoms. The molecule has 19 heavy (non-hydrogen) atoms. The maximum atomic E-state index is 9.75. The number of aliphatic hydroxyl groups is 1. The van der Waals surface area contributed by atoms with Gasteiger partial charge in [-0.05, 0) is 26.2 Å². The normalized spacial score (nSPS) is 27.3. The first kappa shape index (κ1) is 15.2. The average molecular weight is 270 g/mol. The van der Waals surface area contributed by atoms with E-state index in [0.717, 1.165) is 32.7 Å². The van der Waals surface area contributed by atoms with Gasteiger partial charge in [0.1, 0.15) is 0 Å². The number of hydrogen-bond acceptors (Lipinski definition) is 4. The Balaban J connectivity index is 1.97. The Morgan fingerprint density at radius 2 is 1.89 bits per heavy atom. The van der Waals surface area contributed by atoms with Crippen molar-refractivity contribution in [1.82, 2.24) is 10.2 Å². The zero-order valence-electron chi connectivity index (χ0n) is 12.5. The minimum Gasteiger partial charge on any atom is -0.392 e. The molecule has 0 aromatic carbocycles. The van der Waals surface area contributed by atoms with E-state index in [2.05, 4.69) is 17.1 Å². The Morgan fingerprint density at radius 1 is 1.26 bits per heavy atom. The van der Waals surface area contributed by atoms with E-state index in [-0.39, 0.29) is 11.6 Å². The molecule has 0 radical (unpaired) electrons. The summed E-state index contributed by atoms with van der Waals surface area (Å²) in [5.41, 5.74) is 0.289. The summed E-state index contributed by atoms with van der Waals surface area (Å²) < 4.78 is 5.50. The number of rotatable bonds is 6. The first-order valence-corrected chi connectivity index (χ1v) is 7.93. The van der Waals surface area contributed by atoms with Crippen molar-refractivity contribution in [2.45, 2.75) is 63.6 Å². The summed E-state index contributed by atoms with van der Waals surface area (Å²) in [6.07, 6.45) is 5.84. The second-order valence-corrected chi connectivity index (χ2v) is 6.10. The zero-order valence-corrected chi connectivity index (χ0v) is 12.5. The molecule has 1 aliphatic carbocycles. The maximum absolute atomic E-state index is 9.75. The quantitative estimate of drug-likeness (QED) is 0.765. The third kappa shape index (κ3) is 3.48. The van der Waals surface area contributed by atoms with E-state index in [1.54, 1.807) is 0 Å². The SMILES string of the molecule is CC[C@@H](O)CN[C@@H](C)C1(N2CCOCC2)CCCC1. The van der Waals surface area contributed by atoms with Crippen molar-refractivity contribution in [2.75, 3.05) is 32.8 Å². The van der Waals surface area contributed by atoms with E-state index in [9.17, 15) is 5.11 Å². The molecular formula is C15H30N2O2. The van der Waals surface area contributed by atoms with E-state index in [0.29, 0.717) is 12.6 Å². The largest absolute Gasteiger partial charge is 0.392 e. The predicted molar refractivity (Wildman–Crippen MR) is 77.4 cm³/mol. The molecule has 112 valence electrons. The van der Waals surface area contributed by atoms with Crippen molar-refractivity contribution in [3.05, 3.63) is 0 Å². The van der Waals surface area contributed by atoms with Crippen molar-refractivity contribution in [2.24, 2.45) is 0 Å². The Hall–Kier alpha value is -0.160. The van der Waals surface area contributed by atoms with E-state index < -0.39 is 0 Å². The number of nitrogens with one attached hydrogen (secondary N) is 1. The highest BCUT2D eigenvalue weighted by Crippen LogP contribution is 2.38. The van der Waals surface area contributed by atoms with Gasteiger partial charge in [0.15, 0.2) is 0 Å². The fourth-order valence-electron chi connectivity index (χ4n) is 3.67. The van der Waals surface area contributed by atoms with Gasteiger partial charge < -0.3 is 15.2 Å². The minimum atomic E-state index is -0.217. The zero-order chi connectivity index (χ0) is 13.7. The van der Waals surface area contributed by atoms with Crippen LogP contribution in [0.2, 0.25) is 0 Å². The molecule has 2 aliphatic rings. The third-order valence-corrected chi connectivity index (χ3v) is 5.05. The minimum absolute atomic E-state index is 0.217. The van der Waals surface area contributed by atoms with Crippen LogP contribution in [-0.2, 0) is 4.74 Å². The molecule has 2 rings (SSSR count). The molecule has 2 fully saturated rings. The Morgan fingerprint density at radius 3 is 2.47 bits per heavy atom. The van der Waals surface area contributed by atoms with Gasteiger partial charge in [-0.15, -0.1) is 0 Å². The molecule has 0 bridgehead atoms. The molecule has 0 amide bonds. The van der Waals surface area contributed by atoms with Gasteiger partial charge in [-0.2, -0.15) is 0 Å². The second kappa shape index (κ2) is 7.02. The number of ether oxygens (including phenoxy) is 1. The van der Waals surface area contributed by atoms with Gasteiger partial charge in [-0.25, -0.2) is 0 Å². The molecule has 1 aliphatic heterocycles. The second-order valence-electron chi connectivity index (χ2n) is 6.10. The predicted octanol–water partition coefficient (Wildman–Crippen LogP) is 1.38. The lowest BCUT2D eigenvalue weighted by atomic mass is 9.86. The van der Waals surface area contributed by atoms with Crippen molar-refractivity contribution < 1.29 is 9.84 Å². The van der Waals surface area contributed by atoms with E-state index in [1.165, 1.54) is 25.7 Å². The van der Waals surface area contributed by atoms with Crippen molar-refractivity contribution >= 4 is 0 Å². The highest BCUT2D eigenvalue weighted by molar-refractivity contribution is 5.02. The van der Waals surface area contributed by atoms with Crippen LogP contribution in [0.5, 0.6) is 0 Å². The highest BCUT2D eigenvalue weighted by atomic mass is 16.5. The third-order valence-electron chi connectivity index (χ3n) is 5.05. The van der Waals surface area contributed by atoms with Gasteiger partial charge in [-0.1, -0.05) is 19.8 Å². The highest BCUT2D eigenvalue weighted by Gasteiger charge is 2.44. The molecule has 1 heterocycles. The smallest absolute Gasteiger partial charge is 0.0662 e.